The number of rotatable bonds is 3. The Bertz CT molecular complexity index is 785. The third-order valence-corrected chi connectivity index (χ3v) is 6.45. The summed E-state index contributed by atoms with van der Waals surface area (Å²) in [4.78, 5) is 26.6. The molecular formula is C19H26N4OS. The van der Waals surface area contributed by atoms with Crippen LogP contribution in [0.15, 0.2) is 6.33 Å². The van der Waals surface area contributed by atoms with E-state index in [4.69, 9.17) is 0 Å². The van der Waals surface area contributed by atoms with E-state index in [2.05, 4.69) is 20.2 Å². The summed E-state index contributed by atoms with van der Waals surface area (Å²) in [6, 6.07) is 0.192. The lowest BCUT2D eigenvalue weighted by molar-refractivity contribution is -0.125. The summed E-state index contributed by atoms with van der Waals surface area (Å²) in [5.74, 6) is 1.28. The number of aryl methyl sites for hydroxylation is 2. The van der Waals surface area contributed by atoms with Crippen molar-refractivity contribution in [2.24, 2.45) is 5.92 Å². The molecule has 1 N–H and O–H groups in total. The minimum Gasteiger partial charge on any atom is -0.355 e. The molecule has 0 saturated carbocycles. The Hall–Kier alpha value is -1.69. The van der Waals surface area contributed by atoms with Gasteiger partial charge in [-0.05, 0) is 57.9 Å². The second-order valence-corrected chi connectivity index (χ2v) is 8.62. The van der Waals surface area contributed by atoms with Crippen LogP contribution in [-0.2, 0) is 17.6 Å². The molecule has 0 spiro atoms. The average Bonchev–Trinajstić information content (AvgIpc) is 3.00. The number of hydrogen-bond acceptors (Lipinski definition) is 5. The molecule has 2 aromatic rings. The first-order valence-corrected chi connectivity index (χ1v) is 10.3. The first kappa shape index (κ1) is 16.8. The molecule has 1 amide bonds. The molecule has 1 aliphatic heterocycles. The zero-order valence-electron chi connectivity index (χ0n) is 15.0. The van der Waals surface area contributed by atoms with Crippen molar-refractivity contribution in [3.8, 4) is 0 Å². The van der Waals surface area contributed by atoms with Crippen molar-refractivity contribution < 1.29 is 4.79 Å². The molecule has 1 saturated heterocycles. The van der Waals surface area contributed by atoms with Gasteiger partial charge < -0.3 is 10.2 Å². The Labute approximate surface area is 152 Å². The smallest absolute Gasteiger partial charge is 0.225 e. The number of carbonyl (C=O) groups excluding carboxylic acids is 1. The first-order valence-electron chi connectivity index (χ1n) is 9.44. The summed E-state index contributed by atoms with van der Waals surface area (Å²) in [5.41, 5.74) is 1.47. The van der Waals surface area contributed by atoms with Crippen molar-refractivity contribution in [2.75, 3.05) is 18.0 Å². The van der Waals surface area contributed by atoms with Gasteiger partial charge in [0.1, 0.15) is 17.0 Å². The Kier molecular flexibility index (Phi) is 4.63. The lowest BCUT2D eigenvalue weighted by atomic mass is 9.95. The van der Waals surface area contributed by atoms with E-state index in [1.807, 2.05) is 25.2 Å². The van der Waals surface area contributed by atoms with Crippen molar-refractivity contribution in [1.29, 1.82) is 0 Å². The molecule has 1 fully saturated rings. The van der Waals surface area contributed by atoms with Gasteiger partial charge in [0.25, 0.3) is 0 Å². The van der Waals surface area contributed by atoms with Gasteiger partial charge in [-0.3, -0.25) is 4.79 Å². The van der Waals surface area contributed by atoms with Crippen LogP contribution >= 0.6 is 11.3 Å². The van der Waals surface area contributed by atoms with Crippen molar-refractivity contribution in [2.45, 2.75) is 58.4 Å². The summed E-state index contributed by atoms with van der Waals surface area (Å²) >= 11 is 1.84. The van der Waals surface area contributed by atoms with Crippen LogP contribution in [-0.4, -0.2) is 35.0 Å². The lowest BCUT2D eigenvalue weighted by Crippen LogP contribution is -2.45. The van der Waals surface area contributed by atoms with Crippen molar-refractivity contribution >= 4 is 33.3 Å². The molecule has 25 heavy (non-hydrogen) atoms. The van der Waals surface area contributed by atoms with Gasteiger partial charge in [-0.1, -0.05) is 0 Å². The number of anilines is 1. The van der Waals surface area contributed by atoms with E-state index in [1.165, 1.54) is 35.1 Å². The fourth-order valence-electron chi connectivity index (χ4n) is 4.10. The number of thiophene rings is 1. The highest BCUT2D eigenvalue weighted by Crippen LogP contribution is 2.40. The van der Waals surface area contributed by atoms with Gasteiger partial charge in [0.15, 0.2) is 0 Å². The number of fused-ring (bicyclic) bond motifs is 3. The Morgan fingerprint density at radius 2 is 2.12 bits per heavy atom. The standard InChI is InChI=1S/C19H26N4OS/c1-12(2)22-18(24)13-6-5-9-23(10-13)17-16-14-7-3-4-8-15(14)25-19(16)21-11-20-17/h11-13H,3-10H2,1-2H3,(H,22,24)/t13-/m1/s1. The van der Waals surface area contributed by atoms with Gasteiger partial charge in [-0.15, -0.1) is 11.3 Å². The fraction of sp³-hybridized carbons (Fsp3) is 0.632. The van der Waals surface area contributed by atoms with Crippen LogP contribution in [0, 0.1) is 5.92 Å². The number of aromatic nitrogens is 2. The van der Waals surface area contributed by atoms with E-state index in [9.17, 15) is 4.79 Å². The summed E-state index contributed by atoms with van der Waals surface area (Å²) in [6.07, 6.45) is 8.54. The van der Waals surface area contributed by atoms with E-state index in [0.717, 1.165) is 43.0 Å². The maximum Gasteiger partial charge on any atom is 0.225 e. The van der Waals surface area contributed by atoms with Gasteiger partial charge in [0.2, 0.25) is 5.91 Å². The maximum atomic E-state index is 12.5. The highest BCUT2D eigenvalue weighted by atomic mass is 32.1. The van der Waals surface area contributed by atoms with Crippen molar-refractivity contribution in [3.05, 3.63) is 16.8 Å². The third-order valence-electron chi connectivity index (χ3n) is 5.25. The second kappa shape index (κ2) is 6.90. The predicted molar refractivity (Wildman–Crippen MR) is 102 cm³/mol. The lowest BCUT2D eigenvalue weighted by Gasteiger charge is -2.33. The number of hydrogen-bond donors (Lipinski definition) is 1. The van der Waals surface area contributed by atoms with E-state index in [-0.39, 0.29) is 17.9 Å². The van der Waals surface area contributed by atoms with Crippen LogP contribution in [0.25, 0.3) is 10.2 Å². The normalized spacial score (nSPS) is 20.8. The topological polar surface area (TPSA) is 58.1 Å². The second-order valence-electron chi connectivity index (χ2n) is 7.54. The van der Waals surface area contributed by atoms with Gasteiger partial charge in [-0.25, -0.2) is 9.97 Å². The molecule has 3 heterocycles. The Balaban J connectivity index is 1.65. The molecule has 0 bridgehead atoms. The summed E-state index contributed by atoms with van der Waals surface area (Å²) in [7, 11) is 0. The molecule has 6 heteroatoms. The average molecular weight is 359 g/mol. The highest BCUT2D eigenvalue weighted by molar-refractivity contribution is 7.19. The van der Waals surface area contributed by atoms with Crippen molar-refractivity contribution in [3.63, 3.8) is 0 Å². The molecule has 0 aromatic carbocycles. The van der Waals surface area contributed by atoms with Gasteiger partial charge in [-0.2, -0.15) is 0 Å². The molecule has 0 radical (unpaired) electrons. The Morgan fingerprint density at radius 1 is 1.28 bits per heavy atom. The van der Waals surface area contributed by atoms with Crippen LogP contribution < -0.4 is 10.2 Å². The number of piperidine rings is 1. The van der Waals surface area contributed by atoms with E-state index in [1.54, 1.807) is 6.33 Å². The number of nitrogens with zero attached hydrogens (tertiary/aromatic N) is 3. The molecule has 1 aliphatic carbocycles. The monoisotopic (exact) mass is 358 g/mol. The molecule has 1 atom stereocenters. The molecule has 4 rings (SSSR count). The van der Waals surface area contributed by atoms with Crippen LogP contribution in [0.3, 0.4) is 0 Å². The zero-order chi connectivity index (χ0) is 17.4. The van der Waals surface area contributed by atoms with E-state index in [0.29, 0.717) is 0 Å². The van der Waals surface area contributed by atoms with Crippen molar-refractivity contribution in [1.82, 2.24) is 15.3 Å². The van der Waals surface area contributed by atoms with E-state index >= 15 is 0 Å². The minimum atomic E-state index is 0.0515. The fourth-order valence-corrected chi connectivity index (χ4v) is 5.32. The van der Waals surface area contributed by atoms with Gasteiger partial charge in [0, 0.05) is 24.0 Å². The highest BCUT2D eigenvalue weighted by Gasteiger charge is 2.29. The predicted octanol–water partition coefficient (Wildman–Crippen LogP) is 3.31. The number of carbonyl (C=O) groups is 1. The summed E-state index contributed by atoms with van der Waals surface area (Å²) < 4.78 is 0. The Morgan fingerprint density at radius 3 is 2.96 bits per heavy atom. The van der Waals surface area contributed by atoms with E-state index < -0.39 is 0 Å². The van der Waals surface area contributed by atoms with Crippen LogP contribution in [0.4, 0.5) is 5.82 Å². The minimum absolute atomic E-state index is 0.0515. The van der Waals surface area contributed by atoms with Gasteiger partial charge >= 0.3 is 0 Å². The summed E-state index contributed by atoms with van der Waals surface area (Å²) in [6.45, 7) is 5.77. The molecule has 5 nitrogen and oxygen atoms in total. The summed E-state index contributed by atoms with van der Waals surface area (Å²) in [5, 5.41) is 4.33. The third kappa shape index (κ3) is 3.24. The molecule has 2 aromatic heterocycles. The molecular weight excluding hydrogens is 332 g/mol. The largest absolute Gasteiger partial charge is 0.355 e. The maximum absolute atomic E-state index is 12.5. The van der Waals surface area contributed by atoms with Crippen LogP contribution in [0.2, 0.25) is 0 Å². The SMILES string of the molecule is CC(C)NC(=O)[C@@H]1CCCN(c2ncnc3sc4c(c23)CCCC4)C1. The van der Waals surface area contributed by atoms with Crippen LogP contribution in [0.1, 0.15) is 50.0 Å². The number of nitrogens with one attached hydrogen (secondary N) is 1. The molecule has 0 unspecified atom stereocenters. The molecule has 134 valence electrons. The molecule has 2 aliphatic rings. The van der Waals surface area contributed by atoms with Gasteiger partial charge in [0.05, 0.1) is 11.3 Å². The number of amides is 1. The quantitative estimate of drug-likeness (QED) is 0.914. The zero-order valence-corrected chi connectivity index (χ0v) is 15.9. The first-order chi connectivity index (χ1) is 12.1. The van der Waals surface area contributed by atoms with Crippen LogP contribution in [0.5, 0.6) is 0 Å².